The van der Waals surface area contributed by atoms with E-state index in [1.54, 1.807) is 31.2 Å². The number of benzene rings is 2. The van der Waals surface area contributed by atoms with Crippen molar-refractivity contribution >= 4 is 64.1 Å². The van der Waals surface area contributed by atoms with Gasteiger partial charge in [0.05, 0.1) is 28.4 Å². The van der Waals surface area contributed by atoms with Gasteiger partial charge in [0.1, 0.15) is 5.25 Å². The lowest BCUT2D eigenvalue weighted by molar-refractivity contribution is -0.139. The number of amides is 1. The van der Waals surface area contributed by atoms with Gasteiger partial charge >= 0.3 is 5.97 Å². The average Bonchev–Trinajstić information content (AvgIpc) is 2.60. The third kappa shape index (κ3) is 5.20. The van der Waals surface area contributed by atoms with Crippen LogP contribution in [0, 0.1) is 0 Å². The fourth-order valence-electron chi connectivity index (χ4n) is 2.01. The monoisotopic (exact) mass is 432 g/mol. The molecule has 1 amide bonds. The molecule has 1 unspecified atom stereocenters. The molecule has 0 spiro atoms. The van der Waals surface area contributed by atoms with E-state index >= 15 is 0 Å². The Morgan fingerprint density at radius 3 is 2.35 bits per heavy atom. The number of thioether (sulfide) groups is 1. The standard InChI is InChI=1S/C17H15Cl3N2O3S/c1-9(17(24)25-2)26-14-6-4-3-5-11(14)16(23)22-21-15-12(19)7-10(18)8-13(15)20/h3-9,21H,1-2H3,(H,22,23). The van der Waals surface area contributed by atoms with Crippen LogP contribution >= 0.6 is 46.6 Å². The highest BCUT2D eigenvalue weighted by Gasteiger charge is 2.19. The summed E-state index contributed by atoms with van der Waals surface area (Å²) in [6.07, 6.45) is 0. The van der Waals surface area contributed by atoms with Crippen LogP contribution in [0.25, 0.3) is 0 Å². The van der Waals surface area contributed by atoms with E-state index in [4.69, 9.17) is 39.5 Å². The number of nitrogens with one attached hydrogen (secondary N) is 2. The van der Waals surface area contributed by atoms with Crippen LogP contribution in [0.1, 0.15) is 17.3 Å². The lowest BCUT2D eigenvalue weighted by atomic mass is 10.2. The predicted octanol–water partition coefficient (Wildman–Crippen LogP) is 5.06. The highest BCUT2D eigenvalue weighted by molar-refractivity contribution is 8.00. The zero-order valence-electron chi connectivity index (χ0n) is 13.8. The van der Waals surface area contributed by atoms with Crippen LogP contribution in [-0.2, 0) is 9.53 Å². The smallest absolute Gasteiger partial charge is 0.318 e. The molecule has 9 heteroatoms. The minimum atomic E-state index is -0.456. The van der Waals surface area contributed by atoms with Crippen LogP contribution in [0.2, 0.25) is 15.1 Å². The number of hydrogen-bond acceptors (Lipinski definition) is 5. The van der Waals surface area contributed by atoms with Gasteiger partial charge in [0.15, 0.2) is 0 Å². The first-order chi connectivity index (χ1) is 12.3. The third-order valence-electron chi connectivity index (χ3n) is 3.28. The summed E-state index contributed by atoms with van der Waals surface area (Å²) in [7, 11) is 1.32. The summed E-state index contributed by atoms with van der Waals surface area (Å²) in [5.41, 5.74) is 5.96. The van der Waals surface area contributed by atoms with Gasteiger partial charge in [-0.1, -0.05) is 46.9 Å². The Bertz CT molecular complexity index is 810. The number of hydrogen-bond donors (Lipinski definition) is 2. The van der Waals surface area contributed by atoms with Crippen molar-refractivity contribution in [2.75, 3.05) is 12.5 Å². The lowest BCUT2D eigenvalue weighted by Crippen LogP contribution is -2.30. The maximum Gasteiger partial charge on any atom is 0.318 e. The van der Waals surface area contributed by atoms with Crippen molar-refractivity contribution in [3.63, 3.8) is 0 Å². The molecule has 0 fully saturated rings. The molecule has 0 aliphatic heterocycles. The summed E-state index contributed by atoms with van der Waals surface area (Å²) >= 11 is 19.2. The molecule has 2 aromatic carbocycles. The normalized spacial score (nSPS) is 11.6. The molecule has 26 heavy (non-hydrogen) atoms. The van der Waals surface area contributed by atoms with Gasteiger partial charge in [-0.3, -0.25) is 20.4 Å². The summed E-state index contributed by atoms with van der Waals surface area (Å²) in [6.45, 7) is 1.71. The second-order valence-corrected chi connectivity index (χ2v) is 7.74. The summed E-state index contributed by atoms with van der Waals surface area (Å²) in [6, 6.07) is 9.92. The summed E-state index contributed by atoms with van der Waals surface area (Å²) in [5, 5.41) is 0.465. The molecule has 0 radical (unpaired) electrons. The molecule has 0 aliphatic carbocycles. The van der Waals surface area contributed by atoms with E-state index in [0.29, 0.717) is 21.2 Å². The van der Waals surface area contributed by atoms with E-state index in [0.717, 1.165) is 0 Å². The fraction of sp³-hybridized carbons (Fsp3) is 0.176. The molecule has 138 valence electrons. The number of carbonyl (C=O) groups excluding carboxylic acids is 2. The topological polar surface area (TPSA) is 67.4 Å². The fourth-order valence-corrected chi connectivity index (χ4v) is 3.94. The first kappa shape index (κ1) is 20.7. The number of methoxy groups -OCH3 is 1. The number of halogens is 3. The Balaban J connectivity index is 2.14. The van der Waals surface area contributed by atoms with E-state index in [-0.39, 0.29) is 16.0 Å². The molecule has 0 saturated carbocycles. The largest absolute Gasteiger partial charge is 0.468 e. The Labute approximate surface area is 170 Å². The van der Waals surface area contributed by atoms with Crippen molar-refractivity contribution in [2.24, 2.45) is 0 Å². The van der Waals surface area contributed by atoms with Crippen molar-refractivity contribution in [3.8, 4) is 0 Å². The van der Waals surface area contributed by atoms with Gasteiger partial charge in [0, 0.05) is 9.92 Å². The van der Waals surface area contributed by atoms with Gasteiger partial charge in [0.25, 0.3) is 5.91 Å². The summed E-state index contributed by atoms with van der Waals surface area (Å²) in [5.74, 6) is -0.782. The van der Waals surface area contributed by atoms with Crippen molar-refractivity contribution in [1.29, 1.82) is 0 Å². The van der Waals surface area contributed by atoms with Gasteiger partial charge < -0.3 is 4.74 Å². The molecule has 2 rings (SSSR count). The molecule has 0 saturated heterocycles. The number of hydrazine groups is 1. The van der Waals surface area contributed by atoms with E-state index < -0.39 is 11.2 Å². The Kier molecular flexibility index (Phi) is 7.46. The molecule has 2 N–H and O–H groups in total. The SMILES string of the molecule is COC(=O)C(C)Sc1ccccc1C(=O)NNc1c(Cl)cc(Cl)cc1Cl. The van der Waals surface area contributed by atoms with Gasteiger partial charge in [-0.05, 0) is 31.2 Å². The number of ether oxygens (including phenoxy) is 1. The van der Waals surface area contributed by atoms with Crippen LogP contribution in [0.15, 0.2) is 41.3 Å². The van der Waals surface area contributed by atoms with E-state index in [9.17, 15) is 9.59 Å². The van der Waals surface area contributed by atoms with Crippen molar-refractivity contribution in [2.45, 2.75) is 17.1 Å². The second kappa shape index (κ2) is 9.37. The first-order valence-electron chi connectivity index (χ1n) is 7.38. The number of esters is 1. The summed E-state index contributed by atoms with van der Waals surface area (Å²) < 4.78 is 4.71. The van der Waals surface area contributed by atoms with Crippen LogP contribution in [0.5, 0.6) is 0 Å². The number of carbonyl (C=O) groups is 2. The maximum absolute atomic E-state index is 12.5. The highest BCUT2D eigenvalue weighted by Crippen LogP contribution is 2.33. The zero-order valence-corrected chi connectivity index (χ0v) is 16.9. The van der Waals surface area contributed by atoms with E-state index in [2.05, 4.69) is 10.9 Å². The number of rotatable bonds is 6. The minimum absolute atomic E-state index is 0.268. The molecule has 0 bridgehead atoms. The third-order valence-corrected chi connectivity index (χ3v) is 5.25. The molecule has 0 aliphatic rings. The molecule has 0 heterocycles. The highest BCUT2D eigenvalue weighted by atomic mass is 35.5. The molecular formula is C17H15Cl3N2O3S. The van der Waals surface area contributed by atoms with E-state index in [1.165, 1.54) is 31.0 Å². The van der Waals surface area contributed by atoms with E-state index in [1.807, 2.05) is 0 Å². The first-order valence-corrected chi connectivity index (χ1v) is 9.39. The summed E-state index contributed by atoms with van der Waals surface area (Å²) in [4.78, 5) is 24.8. The Morgan fingerprint density at radius 1 is 1.12 bits per heavy atom. The Hall–Kier alpha value is -1.60. The molecule has 2 aromatic rings. The quantitative estimate of drug-likeness (QED) is 0.379. The molecular weight excluding hydrogens is 419 g/mol. The number of anilines is 1. The maximum atomic E-state index is 12.5. The zero-order chi connectivity index (χ0) is 19.3. The molecule has 5 nitrogen and oxygen atoms in total. The van der Waals surface area contributed by atoms with Crippen LogP contribution in [0.3, 0.4) is 0 Å². The lowest BCUT2D eigenvalue weighted by Gasteiger charge is -2.15. The van der Waals surface area contributed by atoms with Crippen molar-refractivity contribution in [1.82, 2.24) is 5.43 Å². The van der Waals surface area contributed by atoms with Gasteiger partial charge in [-0.25, -0.2) is 0 Å². The van der Waals surface area contributed by atoms with Crippen molar-refractivity contribution < 1.29 is 14.3 Å². The Morgan fingerprint density at radius 2 is 1.73 bits per heavy atom. The average molecular weight is 434 g/mol. The van der Waals surface area contributed by atoms with Gasteiger partial charge in [0.2, 0.25) is 0 Å². The molecule has 0 aromatic heterocycles. The second-order valence-electron chi connectivity index (χ2n) is 5.10. The van der Waals surface area contributed by atoms with Crippen LogP contribution in [-0.4, -0.2) is 24.2 Å². The van der Waals surface area contributed by atoms with Crippen LogP contribution < -0.4 is 10.9 Å². The van der Waals surface area contributed by atoms with Gasteiger partial charge in [-0.15, -0.1) is 11.8 Å². The molecule has 1 atom stereocenters. The predicted molar refractivity (Wildman–Crippen MR) is 106 cm³/mol. The van der Waals surface area contributed by atoms with Gasteiger partial charge in [-0.2, -0.15) is 0 Å². The minimum Gasteiger partial charge on any atom is -0.468 e. The van der Waals surface area contributed by atoms with Crippen LogP contribution in [0.4, 0.5) is 5.69 Å². The van der Waals surface area contributed by atoms with Crippen molar-refractivity contribution in [3.05, 3.63) is 57.0 Å².